The van der Waals surface area contributed by atoms with E-state index in [0.29, 0.717) is 11.4 Å². The van der Waals surface area contributed by atoms with Crippen LogP contribution in [0.5, 0.6) is 0 Å². The summed E-state index contributed by atoms with van der Waals surface area (Å²) in [6, 6.07) is 12.4. The van der Waals surface area contributed by atoms with Crippen LogP contribution in [0.15, 0.2) is 42.5 Å². The number of hydrogen-bond acceptors (Lipinski definition) is 4. The van der Waals surface area contributed by atoms with Crippen molar-refractivity contribution in [3.05, 3.63) is 53.6 Å². The molecule has 1 aliphatic heterocycles. The Bertz CT molecular complexity index is 957. The zero-order valence-corrected chi connectivity index (χ0v) is 17.2. The van der Waals surface area contributed by atoms with Crippen molar-refractivity contribution in [1.82, 2.24) is 4.90 Å². The Morgan fingerprint density at radius 2 is 1.90 bits per heavy atom. The molecule has 2 aromatic carbocycles. The average molecular weight is 394 g/mol. The highest BCUT2D eigenvalue weighted by Crippen LogP contribution is 2.29. The van der Waals surface area contributed by atoms with Gasteiger partial charge in [-0.2, -0.15) is 0 Å². The summed E-state index contributed by atoms with van der Waals surface area (Å²) in [6.07, 6.45) is 0. The fraction of sp³-hybridized carbons (Fsp3) is 0.318. The van der Waals surface area contributed by atoms with Crippen LogP contribution in [0.2, 0.25) is 0 Å². The van der Waals surface area contributed by atoms with Crippen LogP contribution in [0.1, 0.15) is 18.1 Å². The van der Waals surface area contributed by atoms with E-state index in [0.717, 1.165) is 16.8 Å². The number of amides is 3. The van der Waals surface area contributed by atoms with Crippen molar-refractivity contribution < 1.29 is 14.4 Å². The number of rotatable bonds is 5. The summed E-state index contributed by atoms with van der Waals surface area (Å²) in [7, 11) is 1.72. The number of carbonyl (C=O) groups is 3. The number of aryl methyl sites for hydroxylation is 1. The first kappa shape index (κ1) is 20.5. The maximum atomic E-state index is 13.1. The van der Waals surface area contributed by atoms with Crippen molar-refractivity contribution in [2.75, 3.05) is 35.7 Å². The number of para-hydroxylation sites is 2. The number of nitrogens with zero attached hydrogens (tertiary/aromatic N) is 2. The van der Waals surface area contributed by atoms with Gasteiger partial charge in [-0.25, -0.2) is 0 Å². The van der Waals surface area contributed by atoms with Gasteiger partial charge in [0.05, 0.1) is 24.0 Å². The zero-order chi connectivity index (χ0) is 21.1. The minimum absolute atomic E-state index is 0.0390. The van der Waals surface area contributed by atoms with Crippen LogP contribution in [0.3, 0.4) is 0 Å². The van der Waals surface area contributed by atoms with Crippen LogP contribution in [-0.2, 0) is 14.4 Å². The maximum Gasteiger partial charge on any atom is 0.244 e. The van der Waals surface area contributed by atoms with Crippen molar-refractivity contribution in [2.45, 2.75) is 26.8 Å². The highest BCUT2D eigenvalue weighted by molar-refractivity contribution is 6.11. The van der Waals surface area contributed by atoms with Crippen molar-refractivity contribution in [2.24, 2.45) is 0 Å². The maximum absolute atomic E-state index is 13.1. The molecule has 1 atom stereocenters. The van der Waals surface area contributed by atoms with Gasteiger partial charge in [-0.05, 0) is 57.1 Å². The average Bonchev–Trinajstić information content (AvgIpc) is 2.69. The van der Waals surface area contributed by atoms with Crippen molar-refractivity contribution in [3.8, 4) is 0 Å². The van der Waals surface area contributed by atoms with Crippen LogP contribution in [-0.4, -0.2) is 48.8 Å². The first-order chi connectivity index (χ1) is 13.8. The van der Waals surface area contributed by atoms with Gasteiger partial charge in [0.2, 0.25) is 17.7 Å². The normalized spacial score (nSPS) is 14.2. The number of nitrogens with one attached hydrogen (secondary N) is 2. The molecule has 3 rings (SSSR count). The molecule has 0 spiro atoms. The third-order valence-corrected chi connectivity index (χ3v) is 5.33. The molecule has 1 heterocycles. The lowest BCUT2D eigenvalue weighted by Crippen LogP contribution is -2.51. The number of hydrogen-bond donors (Lipinski definition) is 2. The fourth-order valence-corrected chi connectivity index (χ4v) is 3.28. The molecule has 3 amide bonds. The van der Waals surface area contributed by atoms with Gasteiger partial charge in [0.15, 0.2) is 0 Å². The molecule has 0 bridgehead atoms. The summed E-state index contributed by atoms with van der Waals surface area (Å²) in [6.45, 7) is 5.71. The first-order valence-electron chi connectivity index (χ1n) is 9.54. The van der Waals surface area contributed by atoms with Crippen LogP contribution in [0, 0.1) is 13.8 Å². The molecule has 1 unspecified atom stereocenters. The van der Waals surface area contributed by atoms with Crippen LogP contribution in [0.4, 0.5) is 17.1 Å². The van der Waals surface area contributed by atoms with E-state index >= 15 is 0 Å². The smallest absolute Gasteiger partial charge is 0.244 e. The fourth-order valence-electron chi connectivity index (χ4n) is 3.28. The monoisotopic (exact) mass is 394 g/mol. The molecule has 7 nitrogen and oxygen atoms in total. The summed E-state index contributed by atoms with van der Waals surface area (Å²) in [5.41, 5.74) is 4.16. The van der Waals surface area contributed by atoms with E-state index < -0.39 is 6.04 Å². The van der Waals surface area contributed by atoms with Crippen LogP contribution in [0.25, 0.3) is 0 Å². The van der Waals surface area contributed by atoms with Gasteiger partial charge in [0.1, 0.15) is 6.54 Å². The second-order valence-electron chi connectivity index (χ2n) is 7.38. The van der Waals surface area contributed by atoms with Gasteiger partial charge in [-0.3, -0.25) is 24.2 Å². The molecule has 0 aliphatic carbocycles. The van der Waals surface area contributed by atoms with Gasteiger partial charge in [-0.15, -0.1) is 0 Å². The number of carbonyl (C=O) groups excluding carboxylic acids is 3. The third-order valence-electron chi connectivity index (χ3n) is 5.33. The Kier molecular flexibility index (Phi) is 5.98. The van der Waals surface area contributed by atoms with Gasteiger partial charge in [0, 0.05) is 5.69 Å². The summed E-state index contributed by atoms with van der Waals surface area (Å²) in [5.74, 6) is -0.661. The van der Waals surface area contributed by atoms with Gasteiger partial charge >= 0.3 is 0 Å². The van der Waals surface area contributed by atoms with Gasteiger partial charge in [0.25, 0.3) is 0 Å². The zero-order valence-electron chi connectivity index (χ0n) is 17.2. The minimum Gasteiger partial charge on any atom is -0.325 e. The molecule has 0 radical (unpaired) electrons. The standard InChI is InChI=1S/C22H26N4O3/c1-14-8-7-10-17(15(14)2)23-20(27)12-25(4)16(3)22(29)26-13-21(28)24-18-9-5-6-11-19(18)26/h5-11,16H,12-13H2,1-4H3,(H,23,27)(H,24,28). The lowest BCUT2D eigenvalue weighted by atomic mass is 10.1. The van der Waals surface area contributed by atoms with E-state index in [4.69, 9.17) is 0 Å². The third kappa shape index (κ3) is 4.46. The number of benzene rings is 2. The molecular weight excluding hydrogens is 368 g/mol. The van der Waals surface area contributed by atoms with E-state index in [-0.39, 0.29) is 30.8 Å². The van der Waals surface area contributed by atoms with E-state index in [2.05, 4.69) is 10.6 Å². The first-order valence-corrected chi connectivity index (χ1v) is 9.54. The summed E-state index contributed by atoms with van der Waals surface area (Å²) in [5, 5.41) is 5.68. The van der Waals surface area contributed by atoms with Crippen LogP contribution >= 0.6 is 0 Å². The quantitative estimate of drug-likeness (QED) is 0.817. The van der Waals surface area contributed by atoms with Crippen molar-refractivity contribution >= 4 is 34.8 Å². The molecule has 0 saturated carbocycles. The van der Waals surface area contributed by atoms with Crippen molar-refractivity contribution in [3.63, 3.8) is 0 Å². The Labute approximate surface area is 170 Å². The molecular formula is C22H26N4O3. The second-order valence-corrected chi connectivity index (χ2v) is 7.38. The molecule has 29 heavy (non-hydrogen) atoms. The summed E-state index contributed by atoms with van der Waals surface area (Å²) in [4.78, 5) is 40.7. The lowest BCUT2D eigenvalue weighted by molar-refractivity contribution is -0.126. The van der Waals surface area contributed by atoms with Gasteiger partial charge < -0.3 is 10.6 Å². The molecule has 0 fully saturated rings. The van der Waals surface area contributed by atoms with Gasteiger partial charge in [-0.1, -0.05) is 24.3 Å². The molecule has 152 valence electrons. The van der Waals surface area contributed by atoms with Crippen molar-refractivity contribution in [1.29, 1.82) is 0 Å². The van der Waals surface area contributed by atoms with E-state index in [1.807, 2.05) is 38.1 Å². The van der Waals surface area contributed by atoms with E-state index in [1.54, 1.807) is 37.1 Å². The Balaban J connectivity index is 1.67. The minimum atomic E-state index is -0.571. The molecule has 2 N–H and O–H groups in total. The largest absolute Gasteiger partial charge is 0.325 e. The molecule has 7 heteroatoms. The predicted octanol–water partition coefficient (Wildman–Crippen LogP) is 2.55. The topological polar surface area (TPSA) is 81.8 Å². The van der Waals surface area contributed by atoms with Crippen LogP contribution < -0.4 is 15.5 Å². The summed E-state index contributed by atoms with van der Waals surface area (Å²) >= 11 is 0. The highest BCUT2D eigenvalue weighted by atomic mass is 16.2. The van der Waals surface area contributed by atoms with E-state index in [9.17, 15) is 14.4 Å². The summed E-state index contributed by atoms with van der Waals surface area (Å²) < 4.78 is 0. The highest BCUT2D eigenvalue weighted by Gasteiger charge is 2.31. The predicted molar refractivity (Wildman–Crippen MR) is 114 cm³/mol. The Morgan fingerprint density at radius 3 is 2.66 bits per heavy atom. The molecule has 0 aromatic heterocycles. The number of fused-ring (bicyclic) bond motifs is 1. The number of anilines is 3. The SMILES string of the molecule is Cc1cccc(NC(=O)CN(C)C(C)C(=O)N2CC(=O)Nc3ccccc32)c1C. The van der Waals surface area contributed by atoms with E-state index in [1.165, 1.54) is 4.90 Å². The Morgan fingerprint density at radius 1 is 1.17 bits per heavy atom. The second kappa shape index (κ2) is 8.45. The molecule has 1 aliphatic rings. The lowest BCUT2D eigenvalue weighted by Gasteiger charge is -2.33. The molecule has 2 aromatic rings. The Hall–Kier alpha value is -3.19. The molecule has 0 saturated heterocycles. The number of likely N-dealkylation sites (N-methyl/N-ethyl adjacent to an activating group) is 1.